The van der Waals surface area contributed by atoms with Gasteiger partial charge in [-0.2, -0.15) is 0 Å². The molecular formula is C15H28N2O2. The van der Waals surface area contributed by atoms with Gasteiger partial charge in [-0.15, -0.1) is 0 Å². The molecule has 0 aliphatic heterocycles. The number of alkyl carbamates (subject to hydrolysis) is 1. The van der Waals surface area contributed by atoms with Crippen LogP contribution in [0.3, 0.4) is 0 Å². The van der Waals surface area contributed by atoms with Crippen molar-refractivity contribution in [3.05, 3.63) is 0 Å². The number of carbonyl (C=O) groups excluding carboxylic acids is 1. The number of fused-ring (bicyclic) bond motifs is 2. The van der Waals surface area contributed by atoms with Gasteiger partial charge in [0.2, 0.25) is 0 Å². The molecule has 2 aliphatic carbocycles. The van der Waals surface area contributed by atoms with E-state index in [4.69, 9.17) is 10.5 Å². The van der Waals surface area contributed by atoms with E-state index >= 15 is 0 Å². The molecule has 2 rings (SSSR count). The molecule has 1 amide bonds. The summed E-state index contributed by atoms with van der Waals surface area (Å²) in [5.74, 6) is 2.65. The molecule has 2 bridgehead atoms. The van der Waals surface area contributed by atoms with Crippen LogP contribution in [0.4, 0.5) is 4.79 Å². The molecule has 4 heteroatoms. The van der Waals surface area contributed by atoms with Gasteiger partial charge in [-0.3, -0.25) is 0 Å². The van der Waals surface area contributed by atoms with Gasteiger partial charge >= 0.3 is 6.09 Å². The summed E-state index contributed by atoms with van der Waals surface area (Å²) in [6.07, 6.45) is 6.25. The summed E-state index contributed by atoms with van der Waals surface area (Å²) in [5.41, 5.74) is 5.68. The number of ether oxygens (including phenoxy) is 1. The van der Waals surface area contributed by atoms with Crippen molar-refractivity contribution in [3.63, 3.8) is 0 Å². The van der Waals surface area contributed by atoms with Crippen molar-refractivity contribution < 1.29 is 9.53 Å². The monoisotopic (exact) mass is 268 g/mol. The SMILES string of the molecule is CC(C)(C)OC(=O)NCC(N)CC1CC2CCC1C2. The highest BCUT2D eigenvalue weighted by Crippen LogP contribution is 2.49. The molecule has 0 aromatic carbocycles. The Kier molecular flexibility index (Phi) is 4.39. The Bertz CT molecular complexity index is 325. The lowest BCUT2D eigenvalue weighted by molar-refractivity contribution is 0.0522. The van der Waals surface area contributed by atoms with Gasteiger partial charge in [-0.05, 0) is 64.2 Å². The number of hydrogen-bond donors (Lipinski definition) is 2. The van der Waals surface area contributed by atoms with Crippen molar-refractivity contribution in [2.45, 2.75) is 64.5 Å². The quantitative estimate of drug-likeness (QED) is 0.824. The first kappa shape index (κ1) is 14.6. The van der Waals surface area contributed by atoms with Crippen LogP contribution in [0, 0.1) is 17.8 Å². The molecule has 0 saturated heterocycles. The first-order valence-electron chi connectivity index (χ1n) is 7.56. The molecule has 4 unspecified atom stereocenters. The third-order valence-corrected chi connectivity index (χ3v) is 4.40. The van der Waals surface area contributed by atoms with Gasteiger partial charge < -0.3 is 15.8 Å². The van der Waals surface area contributed by atoms with E-state index in [0.717, 1.165) is 24.2 Å². The predicted molar refractivity (Wildman–Crippen MR) is 75.8 cm³/mol. The number of rotatable bonds is 4. The summed E-state index contributed by atoms with van der Waals surface area (Å²) in [5, 5.41) is 2.77. The molecule has 0 radical (unpaired) electrons. The van der Waals surface area contributed by atoms with Crippen molar-refractivity contribution in [3.8, 4) is 0 Å². The smallest absolute Gasteiger partial charge is 0.407 e. The fraction of sp³-hybridized carbons (Fsp3) is 0.933. The minimum Gasteiger partial charge on any atom is -0.444 e. The highest BCUT2D eigenvalue weighted by atomic mass is 16.6. The molecule has 2 saturated carbocycles. The van der Waals surface area contributed by atoms with Gasteiger partial charge in [0, 0.05) is 12.6 Å². The van der Waals surface area contributed by atoms with Crippen molar-refractivity contribution in [1.29, 1.82) is 0 Å². The molecule has 0 aromatic heterocycles. The Balaban J connectivity index is 1.65. The fourth-order valence-electron chi connectivity index (χ4n) is 3.67. The van der Waals surface area contributed by atoms with Crippen LogP contribution in [0.25, 0.3) is 0 Å². The lowest BCUT2D eigenvalue weighted by Gasteiger charge is -2.25. The first-order chi connectivity index (χ1) is 8.83. The molecule has 2 fully saturated rings. The number of nitrogens with one attached hydrogen (secondary N) is 1. The standard InChI is InChI=1S/C15H28N2O2/c1-15(2,3)19-14(18)17-9-13(16)8-12-7-10-4-5-11(12)6-10/h10-13H,4-9,16H2,1-3H3,(H,17,18). The predicted octanol–water partition coefficient (Wildman–Crippen LogP) is 2.66. The summed E-state index contributed by atoms with van der Waals surface area (Å²) in [7, 11) is 0. The number of nitrogens with two attached hydrogens (primary N) is 1. The molecule has 0 spiro atoms. The van der Waals surface area contributed by atoms with Gasteiger partial charge in [0.15, 0.2) is 0 Å². The van der Waals surface area contributed by atoms with E-state index in [1.165, 1.54) is 25.7 Å². The van der Waals surface area contributed by atoms with Crippen LogP contribution >= 0.6 is 0 Å². The Labute approximate surface area is 116 Å². The number of carbonyl (C=O) groups is 1. The summed E-state index contributed by atoms with van der Waals surface area (Å²) in [6.45, 7) is 6.11. The zero-order valence-electron chi connectivity index (χ0n) is 12.4. The van der Waals surface area contributed by atoms with E-state index in [0.29, 0.717) is 6.54 Å². The minimum atomic E-state index is -0.446. The van der Waals surface area contributed by atoms with Gasteiger partial charge in [-0.25, -0.2) is 4.79 Å². The molecule has 0 heterocycles. The molecule has 0 aromatic rings. The average Bonchev–Trinajstić information content (AvgIpc) is 2.85. The van der Waals surface area contributed by atoms with E-state index in [1.807, 2.05) is 20.8 Å². The second-order valence-corrected chi connectivity index (χ2v) is 7.31. The first-order valence-corrected chi connectivity index (χ1v) is 7.56. The third-order valence-electron chi connectivity index (χ3n) is 4.40. The second-order valence-electron chi connectivity index (χ2n) is 7.31. The van der Waals surface area contributed by atoms with E-state index in [9.17, 15) is 4.79 Å². The lowest BCUT2D eigenvalue weighted by Crippen LogP contribution is -2.41. The van der Waals surface area contributed by atoms with E-state index in [2.05, 4.69) is 5.32 Å². The van der Waals surface area contributed by atoms with Crippen molar-refractivity contribution >= 4 is 6.09 Å². The van der Waals surface area contributed by atoms with Gasteiger partial charge in [-0.1, -0.05) is 6.42 Å². The second kappa shape index (κ2) is 5.70. The third kappa shape index (κ3) is 4.37. The van der Waals surface area contributed by atoms with Crippen molar-refractivity contribution in [1.82, 2.24) is 5.32 Å². The molecule has 4 atom stereocenters. The molecule has 2 aliphatic rings. The summed E-state index contributed by atoms with van der Waals surface area (Å²) >= 11 is 0. The topological polar surface area (TPSA) is 64.3 Å². The Morgan fingerprint density at radius 2 is 2.11 bits per heavy atom. The highest BCUT2D eigenvalue weighted by molar-refractivity contribution is 5.67. The Morgan fingerprint density at radius 3 is 2.63 bits per heavy atom. The molecule has 4 nitrogen and oxygen atoms in total. The molecule has 110 valence electrons. The van der Waals surface area contributed by atoms with Crippen molar-refractivity contribution in [2.75, 3.05) is 6.54 Å². The van der Waals surface area contributed by atoms with Crippen LogP contribution in [0.2, 0.25) is 0 Å². The summed E-state index contributed by atoms with van der Waals surface area (Å²) < 4.78 is 5.20. The Morgan fingerprint density at radius 1 is 1.37 bits per heavy atom. The van der Waals surface area contributed by atoms with E-state index < -0.39 is 5.60 Å². The number of hydrogen-bond acceptors (Lipinski definition) is 3. The summed E-state index contributed by atoms with van der Waals surface area (Å²) in [4.78, 5) is 11.5. The van der Waals surface area contributed by atoms with Gasteiger partial charge in [0.1, 0.15) is 5.60 Å². The Hall–Kier alpha value is -0.770. The van der Waals surface area contributed by atoms with Crippen LogP contribution in [-0.2, 0) is 4.74 Å². The van der Waals surface area contributed by atoms with Crippen LogP contribution < -0.4 is 11.1 Å². The maximum absolute atomic E-state index is 11.5. The largest absolute Gasteiger partial charge is 0.444 e. The fourth-order valence-corrected chi connectivity index (χ4v) is 3.67. The summed E-state index contributed by atoms with van der Waals surface area (Å²) in [6, 6.07) is 0.0527. The maximum atomic E-state index is 11.5. The van der Waals surface area contributed by atoms with E-state index in [-0.39, 0.29) is 12.1 Å². The van der Waals surface area contributed by atoms with Gasteiger partial charge in [0.25, 0.3) is 0 Å². The molecule has 3 N–H and O–H groups in total. The van der Waals surface area contributed by atoms with Crippen LogP contribution in [0.5, 0.6) is 0 Å². The maximum Gasteiger partial charge on any atom is 0.407 e. The minimum absolute atomic E-state index is 0.0527. The van der Waals surface area contributed by atoms with Crippen LogP contribution in [0.15, 0.2) is 0 Å². The normalized spacial score (nSPS) is 31.3. The average molecular weight is 268 g/mol. The van der Waals surface area contributed by atoms with Gasteiger partial charge in [0.05, 0.1) is 0 Å². The zero-order chi connectivity index (χ0) is 14.0. The highest BCUT2D eigenvalue weighted by Gasteiger charge is 2.39. The number of amides is 1. The zero-order valence-corrected chi connectivity index (χ0v) is 12.4. The van der Waals surface area contributed by atoms with E-state index in [1.54, 1.807) is 0 Å². The van der Waals surface area contributed by atoms with Crippen LogP contribution in [0.1, 0.15) is 52.9 Å². The molecule has 19 heavy (non-hydrogen) atoms. The molecular weight excluding hydrogens is 240 g/mol. The van der Waals surface area contributed by atoms with Crippen LogP contribution in [-0.4, -0.2) is 24.3 Å². The van der Waals surface area contributed by atoms with Crippen molar-refractivity contribution in [2.24, 2.45) is 23.5 Å². The lowest BCUT2D eigenvalue weighted by atomic mass is 9.84.